The molecule has 0 saturated heterocycles. The SMILES string of the molecule is CN1C(=O)NC(c2cccc([N+](=O)[O-])c2)C2=C1CN(c1cccc(C(F)(F)F)c1)C2=O. The molecule has 0 aromatic heterocycles. The van der Waals surface area contributed by atoms with Crippen molar-refractivity contribution in [3.63, 3.8) is 0 Å². The van der Waals surface area contributed by atoms with E-state index in [2.05, 4.69) is 5.32 Å². The molecule has 2 aromatic rings. The van der Waals surface area contributed by atoms with Crippen LogP contribution < -0.4 is 10.2 Å². The Morgan fingerprint density at radius 3 is 2.52 bits per heavy atom. The molecular weight excluding hydrogens is 417 g/mol. The molecule has 2 aliphatic rings. The zero-order valence-electron chi connectivity index (χ0n) is 16.0. The van der Waals surface area contributed by atoms with Crippen molar-refractivity contribution in [1.82, 2.24) is 10.2 Å². The van der Waals surface area contributed by atoms with Gasteiger partial charge in [-0.15, -0.1) is 0 Å². The van der Waals surface area contributed by atoms with Gasteiger partial charge in [0.1, 0.15) is 0 Å². The van der Waals surface area contributed by atoms with Crippen LogP contribution in [0.2, 0.25) is 0 Å². The van der Waals surface area contributed by atoms with Gasteiger partial charge in [-0.3, -0.25) is 19.8 Å². The molecule has 2 aliphatic heterocycles. The number of benzene rings is 2. The van der Waals surface area contributed by atoms with Crippen molar-refractivity contribution in [3.8, 4) is 0 Å². The molecule has 31 heavy (non-hydrogen) atoms. The summed E-state index contributed by atoms with van der Waals surface area (Å²) in [5.41, 5.74) is -0.286. The monoisotopic (exact) mass is 432 g/mol. The van der Waals surface area contributed by atoms with Gasteiger partial charge in [0.05, 0.1) is 34.3 Å². The van der Waals surface area contributed by atoms with Crippen molar-refractivity contribution >= 4 is 23.3 Å². The van der Waals surface area contributed by atoms with E-state index in [1.165, 1.54) is 48.3 Å². The first kappa shape index (κ1) is 20.4. The number of halogens is 3. The van der Waals surface area contributed by atoms with E-state index in [9.17, 15) is 32.9 Å². The summed E-state index contributed by atoms with van der Waals surface area (Å²) in [4.78, 5) is 38.6. The highest BCUT2D eigenvalue weighted by Crippen LogP contribution is 2.39. The first-order chi connectivity index (χ1) is 14.6. The molecule has 0 spiro atoms. The Hall–Kier alpha value is -3.89. The highest BCUT2D eigenvalue weighted by Gasteiger charge is 2.44. The van der Waals surface area contributed by atoms with Crippen LogP contribution in [0.25, 0.3) is 0 Å². The van der Waals surface area contributed by atoms with Gasteiger partial charge in [-0.05, 0) is 23.8 Å². The van der Waals surface area contributed by atoms with Crippen molar-refractivity contribution in [2.24, 2.45) is 0 Å². The maximum absolute atomic E-state index is 13.2. The Kier molecular flexibility index (Phi) is 4.68. The van der Waals surface area contributed by atoms with E-state index in [1.807, 2.05) is 0 Å². The number of anilines is 1. The molecule has 0 aliphatic carbocycles. The quantitative estimate of drug-likeness (QED) is 0.592. The van der Waals surface area contributed by atoms with Crippen LogP contribution in [0, 0.1) is 10.1 Å². The number of hydrogen-bond acceptors (Lipinski definition) is 4. The molecule has 4 rings (SSSR count). The summed E-state index contributed by atoms with van der Waals surface area (Å²) < 4.78 is 39.3. The number of hydrogen-bond donors (Lipinski definition) is 1. The molecule has 8 nitrogen and oxygen atoms in total. The number of nitrogens with one attached hydrogen (secondary N) is 1. The number of nitro benzene ring substituents is 1. The Bertz CT molecular complexity index is 1150. The number of rotatable bonds is 3. The van der Waals surface area contributed by atoms with Crippen LogP contribution in [0.5, 0.6) is 0 Å². The van der Waals surface area contributed by atoms with E-state index in [4.69, 9.17) is 0 Å². The topological polar surface area (TPSA) is 95.8 Å². The molecule has 2 aromatic carbocycles. The van der Waals surface area contributed by atoms with Gasteiger partial charge < -0.3 is 10.2 Å². The van der Waals surface area contributed by atoms with E-state index in [1.54, 1.807) is 0 Å². The summed E-state index contributed by atoms with van der Waals surface area (Å²) >= 11 is 0. The van der Waals surface area contributed by atoms with Gasteiger partial charge in [-0.1, -0.05) is 18.2 Å². The number of amides is 3. The van der Waals surface area contributed by atoms with Crippen LogP contribution in [0.4, 0.5) is 29.3 Å². The minimum absolute atomic E-state index is 0.0351. The Balaban J connectivity index is 1.75. The molecule has 0 saturated carbocycles. The number of carbonyl (C=O) groups excluding carboxylic acids is 2. The number of carbonyl (C=O) groups is 2. The highest BCUT2D eigenvalue weighted by molar-refractivity contribution is 6.11. The van der Waals surface area contributed by atoms with Crippen LogP contribution >= 0.6 is 0 Å². The van der Waals surface area contributed by atoms with Crippen molar-refractivity contribution in [1.29, 1.82) is 0 Å². The first-order valence-corrected chi connectivity index (χ1v) is 9.08. The zero-order chi connectivity index (χ0) is 22.5. The summed E-state index contributed by atoms with van der Waals surface area (Å²) in [6.07, 6.45) is -4.58. The van der Waals surface area contributed by atoms with Gasteiger partial charge >= 0.3 is 12.2 Å². The van der Waals surface area contributed by atoms with Crippen molar-refractivity contribution in [3.05, 3.63) is 81.0 Å². The summed E-state index contributed by atoms with van der Waals surface area (Å²) in [5, 5.41) is 13.8. The van der Waals surface area contributed by atoms with Crippen LogP contribution in [-0.2, 0) is 11.0 Å². The van der Waals surface area contributed by atoms with Crippen molar-refractivity contribution in [2.45, 2.75) is 12.2 Å². The van der Waals surface area contributed by atoms with Gasteiger partial charge in [-0.25, -0.2) is 4.79 Å². The maximum Gasteiger partial charge on any atom is 0.416 e. The van der Waals surface area contributed by atoms with Crippen LogP contribution in [0.3, 0.4) is 0 Å². The lowest BCUT2D eigenvalue weighted by molar-refractivity contribution is -0.384. The third kappa shape index (κ3) is 3.47. The van der Waals surface area contributed by atoms with Gasteiger partial charge in [0, 0.05) is 24.9 Å². The normalized spacial score (nSPS) is 18.9. The lowest BCUT2D eigenvalue weighted by Gasteiger charge is -2.30. The van der Waals surface area contributed by atoms with E-state index in [0.717, 1.165) is 17.0 Å². The number of alkyl halides is 3. The van der Waals surface area contributed by atoms with Crippen molar-refractivity contribution in [2.75, 3.05) is 18.5 Å². The van der Waals surface area contributed by atoms with Crippen LogP contribution in [-0.4, -0.2) is 35.4 Å². The lowest BCUT2D eigenvalue weighted by Crippen LogP contribution is -2.45. The van der Waals surface area contributed by atoms with Gasteiger partial charge in [0.15, 0.2) is 0 Å². The maximum atomic E-state index is 13.2. The Labute approximate surface area is 173 Å². The lowest BCUT2D eigenvalue weighted by atomic mass is 9.95. The molecule has 0 bridgehead atoms. The van der Waals surface area contributed by atoms with E-state index < -0.39 is 34.6 Å². The molecule has 2 heterocycles. The minimum Gasteiger partial charge on any atom is -0.327 e. The second-order valence-corrected chi connectivity index (χ2v) is 7.09. The average molecular weight is 432 g/mol. The fourth-order valence-electron chi connectivity index (χ4n) is 3.69. The molecular formula is C20H15F3N4O4. The molecule has 1 N–H and O–H groups in total. The molecule has 0 radical (unpaired) electrons. The molecule has 0 fully saturated rings. The average Bonchev–Trinajstić information content (AvgIpc) is 3.08. The number of urea groups is 1. The van der Waals surface area contributed by atoms with Gasteiger partial charge in [-0.2, -0.15) is 13.2 Å². The fraction of sp³-hybridized carbons (Fsp3) is 0.200. The second-order valence-electron chi connectivity index (χ2n) is 7.09. The third-order valence-electron chi connectivity index (χ3n) is 5.26. The molecule has 160 valence electrons. The fourth-order valence-corrected chi connectivity index (χ4v) is 3.69. The van der Waals surface area contributed by atoms with E-state index >= 15 is 0 Å². The largest absolute Gasteiger partial charge is 0.416 e. The third-order valence-corrected chi connectivity index (χ3v) is 5.26. The summed E-state index contributed by atoms with van der Waals surface area (Å²) in [6, 6.07) is 8.35. The molecule has 3 amide bonds. The smallest absolute Gasteiger partial charge is 0.327 e. The zero-order valence-corrected chi connectivity index (χ0v) is 16.0. The number of non-ortho nitro benzene ring substituents is 1. The summed E-state index contributed by atoms with van der Waals surface area (Å²) in [6.45, 7) is -0.106. The summed E-state index contributed by atoms with van der Waals surface area (Å²) in [5.74, 6) is -0.585. The number of nitrogens with zero attached hydrogens (tertiary/aromatic N) is 3. The van der Waals surface area contributed by atoms with Crippen LogP contribution in [0.15, 0.2) is 59.8 Å². The predicted molar refractivity (Wildman–Crippen MR) is 103 cm³/mol. The first-order valence-electron chi connectivity index (χ1n) is 9.08. The minimum atomic E-state index is -4.58. The number of likely N-dealkylation sites (N-methyl/N-ethyl adjacent to an activating group) is 1. The molecule has 1 atom stereocenters. The number of nitro groups is 1. The highest BCUT2D eigenvalue weighted by atomic mass is 19.4. The Morgan fingerprint density at radius 1 is 1.13 bits per heavy atom. The van der Waals surface area contributed by atoms with E-state index in [-0.39, 0.29) is 23.5 Å². The molecule has 1 unspecified atom stereocenters. The van der Waals surface area contributed by atoms with Crippen molar-refractivity contribution < 1.29 is 27.7 Å². The molecule has 11 heteroatoms. The van der Waals surface area contributed by atoms with Crippen LogP contribution in [0.1, 0.15) is 17.2 Å². The standard InChI is InChI=1S/C20H15F3N4O4/c1-25-15-10-26(13-6-3-5-12(9-13)20(21,22)23)18(28)16(15)17(24-19(25)29)11-4-2-7-14(8-11)27(30)31/h2-9,17H,10H2,1H3,(H,24,29). The van der Waals surface area contributed by atoms with Gasteiger partial charge in [0.25, 0.3) is 11.6 Å². The summed E-state index contributed by atoms with van der Waals surface area (Å²) in [7, 11) is 1.44. The predicted octanol–water partition coefficient (Wildman–Crippen LogP) is 3.61. The second kappa shape index (κ2) is 7.11. The van der Waals surface area contributed by atoms with Gasteiger partial charge in [0.2, 0.25) is 0 Å². The Morgan fingerprint density at radius 2 is 1.84 bits per heavy atom. The van der Waals surface area contributed by atoms with E-state index in [0.29, 0.717) is 11.3 Å².